The Labute approximate surface area is 236 Å². The number of halogens is 6. The number of carboxylic acids is 1. The van der Waals surface area contributed by atoms with Crippen LogP contribution < -0.4 is 4.90 Å². The van der Waals surface area contributed by atoms with Gasteiger partial charge >= 0.3 is 18.3 Å². The van der Waals surface area contributed by atoms with Crippen LogP contribution in [-0.4, -0.2) is 51.1 Å². The van der Waals surface area contributed by atoms with Crippen LogP contribution in [0.5, 0.6) is 0 Å². The smallest absolute Gasteiger partial charge is 0.475 e. The molecule has 13 heteroatoms. The second-order valence-corrected chi connectivity index (χ2v) is 9.28. The third-order valence-corrected chi connectivity index (χ3v) is 6.46. The number of para-hydroxylation sites is 1. The third kappa shape index (κ3) is 7.28. The highest BCUT2D eigenvalue weighted by Crippen LogP contribution is 2.33. The molecule has 0 spiro atoms. The first-order valence-corrected chi connectivity index (χ1v) is 12.5. The quantitative estimate of drug-likeness (QED) is 0.269. The fraction of sp³-hybridized carbons (Fsp3) is 0.207. The Morgan fingerprint density at radius 2 is 1.52 bits per heavy atom. The van der Waals surface area contributed by atoms with Crippen LogP contribution in [-0.2, 0) is 24.1 Å². The number of carboxylic acid groups (broad SMARTS) is 1. The average Bonchev–Trinajstić information content (AvgIpc) is 3.40. The molecular weight excluding hydrogens is 566 g/mol. The van der Waals surface area contributed by atoms with E-state index in [1.54, 1.807) is 41.7 Å². The number of anilines is 1. The number of benzene rings is 3. The zero-order valence-electron chi connectivity index (χ0n) is 21.8. The standard InChI is InChI=1S/C27H23F3N4O.C2HF3O2/c28-27(29,30)21-11-9-19(10-12-21)23-6-2-3-7-24(23)26(35)34-14-13-33(17-22-15-31-18-32-22)25-8-4-1-5-20(25)16-34;3-2(4,5)1(6)7/h1-12,15,18H,13-14,16-17H2,(H,31,32);(H,6,7). The number of rotatable bonds is 4. The first kappa shape index (κ1) is 30.2. The van der Waals surface area contributed by atoms with Crippen molar-refractivity contribution in [3.63, 3.8) is 0 Å². The zero-order chi connectivity index (χ0) is 30.5. The fourth-order valence-electron chi connectivity index (χ4n) is 4.44. The normalized spacial score (nSPS) is 13.5. The molecule has 1 aromatic heterocycles. The summed E-state index contributed by atoms with van der Waals surface area (Å²) in [6.07, 6.45) is -6.06. The van der Waals surface area contributed by atoms with Gasteiger partial charge in [-0.15, -0.1) is 0 Å². The van der Waals surface area contributed by atoms with Crippen molar-refractivity contribution in [3.8, 4) is 11.1 Å². The van der Waals surface area contributed by atoms with E-state index in [1.165, 1.54) is 12.1 Å². The minimum Gasteiger partial charge on any atom is -0.475 e. The molecule has 0 fully saturated rings. The van der Waals surface area contributed by atoms with Gasteiger partial charge in [-0.05, 0) is 41.0 Å². The summed E-state index contributed by atoms with van der Waals surface area (Å²) in [5.74, 6) is -2.91. The molecule has 1 amide bonds. The number of amides is 1. The lowest BCUT2D eigenvalue weighted by atomic mass is 9.97. The second kappa shape index (κ2) is 12.4. The van der Waals surface area contributed by atoms with Gasteiger partial charge in [-0.1, -0.05) is 48.5 Å². The van der Waals surface area contributed by atoms with Crippen LogP contribution in [0.3, 0.4) is 0 Å². The maximum atomic E-state index is 13.7. The Bertz CT molecular complexity index is 1520. The lowest BCUT2D eigenvalue weighted by molar-refractivity contribution is -0.192. The molecule has 2 N–H and O–H groups in total. The van der Waals surface area contributed by atoms with Crippen LogP contribution in [0.25, 0.3) is 11.1 Å². The molecule has 0 bridgehead atoms. The molecule has 0 unspecified atom stereocenters. The van der Waals surface area contributed by atoms with Gasteiger partial charge in [0.25, 0.3) is 5.91 Å². The van der Waals surface area contributed by atoms with Gasteiger partial charge in [0.2, 0.25) is 0 Å². The number of nitrogens with zero attached hydrogens (tertiary/aromatic N) is 3. The molecular formula is C29H24F6N4O3. The van der Waals surface area contributed by atoms with Gasteiger partial charge in [0.15, 0.2) is 0 Å². The van der Waals surface area contributed by atoms with Crippen LogP contribution in [0, 0.1) is 0 Å². The van der Waals surface area contributed by atoms with Crippen LogP contribution in [0.15, 0.2) is 85.3 Å². The predicted molar refractivity (Wildman–Crippen MR) is 141 cm³/mol. The summed E-state index contributed by atoms with van der Waals surface area (Å²) in [5, 5.41) is 7.12. The number of aromatic amines is 1. The number of hydrogen-bond donors (Lipinski definition) is 2. The number of aliphatic carboxylic acids is 1. The van der Waals surface area contributed by atoms with Crippen LogP contribution in [0.1, 0.15) is 27.2 Å². The van der Waals surface area contributed by atoms with E-state index < -0.39 is 23.9 Å². The largest absolute Gasteiger partial charge is 0.490 e. The summed E-state index contributed by atoms with van der Waals surface area (Å²) < 4.78 is 70.8. The van der Waals surface area contributed by atoms with Crippen molar-refractivity contribution in [1.82, 2.24) is 14.9 Å². The molecule has 0 radical (unpaired) electrons. The molecule has 5 rings (SSSR count). The van der Waals surface area contributed by atoms with E-state index >= 15 is 0 Å². The number of hydrogen-bond acceptors (Lipinski definition) is 4. The Balaban J connectivity index is 0.000000517. The number of aromatic nitrogens is 2. The Morgan fingerprint density at radius 3 is 2.14 bits per heavy atom. The third-order valence-electron chi connectivity index (χ3n) is 6.46. The minimum atomic E-state index is -5.08. The second-order valence-electron chi connectivity index (χ2n) is 9.28. The number of fused-ring (bicyclic) bond motifs is 1. The Hall–Kier alpha value is -4.81. The van der Waals surface area contributed by atoms with Crippen molar-refractivity contribution in [2.75, 3.05) is 18.0 Å². The summed E-state index contributed by atoms with van der Waals surface area (Å²) in [4.78, 5) is 33.9. The molecule has 7 nitrogen and oxygen atoms in total. The van der Waals surface area contributed by atoms with Gasteiger partial charge in [0.1, 0.15) is 0 Å². The molecule has 1 aliphatic heterocycles. The maximum Gasteiger partial charge on any atom is 0.490 e. The van der Waals surface area contributed by atoms with Crippen molar-refractivity contribution in [1.29, 1.82) is 0 Å². The van der Waals surface area contributed by atoms with Gasteiger partial charge in [-0.3, -0.25) is 4.79 Å². The van der Waals surface area contributed by atoms with E-state index in [4.69, 9.17) is 9.90 Å². The lowest BCUT2D eigenvalue weighted by Crippen LogP contribution is -2.35. The van der Waals surface area contributed by atoms with E-state index in [1.807, 2.05) is 18.2 Å². The van der Waals surface area contributed by atoms with Crippen molar-refractivity contribution in [2.24, 2.45) is 0 Å². The molecule has 1 aliphatic rings. The number of carbonyl (C=O) groups is 2. The van der Waals surface area contributed by atoms with Crippen molar-refractivity contribution in [3.05, 3.63) is 108 Å². The topological polar surface area (TPSA) is 89.5 Å². The first-order chi connectivity index (χ1) is 19.8. The van der Waals surface area contributed by atoms with E-state index in [9.17, 15) is 31.1 Å². The van der Waals surface area contributed by atoms with E-state index in [0.29, 0.717) is 42.9 Å². The van der Waals surface area contributed by atoms with Gasteiger partial charge in [-0.25, -0.2) is 9.78 Å². The molecule has 0 aliphatic carbocycles. The highest BCUT2D eigenvalue weighted by atomic mass is 19.4. The number of alkyl halides is 6. The molecule has 220 valence electrons. The average molecular weight is 591 g/mol. The number of carbonyl (C=O) groups excluding carboxylic acids is 1. The van der Waals surface area contributed by atoms with Gasteiger partial charge in [0.05, 0.1) is 24.1 Å². The summed E-state index contributed by atoms with van der Waals surface area (Å²) >= 11 is 0. The SMILES string of the molecule is O=C(O)C(F)(F)F.O=C(c1ccccc1-c1ccc(C(F)(F)F)cc1)N1CCN(Cc2cnc[nH]2)c2ccccc2C1. The number of imidazole rings is 1. The summed E-state index contributed by atoms with van der Waals surface area (Å²) in [5.41, 5.74) is 4.00. The highest BCUT2D eigenvalue weighted by Gasteiger charge is 2.38. The molecule has 4 aromatic rings. The molecule has 3 aromatic carbocycles. The van der Waals surface area contributed by atoms with E-state index in [0.717, 1.165) is 29.1 Å². The number of nitrogens with one attached hydrogen (secondary N) is 1. The lowest BCUT2D eigenvalue weighted by Gasteiger charge is -2.24. The van der Waals surface area contributed by atoms with E-state index in [2.05, 4.69) is 20.9 Å². The molecule has 0 saturated heterocycles. The maximum absolute atomic E-state index is 13.7. The molecule has 0 saturated carbocycles. The molecule has 0 atom stereocenters. The van der Waals surface area contributed by atoms with Crippen molar-refractivity contribution >= 4 is 17.6 Å². The van der Waals surface area contributed by atoms with Crippen molar-refractivity contribution < 1.29 is 41.0 Å². The van der Waals surface area contributed by atoms with Crippen LogP contribution in [0.2, 0.25) is 0 Å². The molecule has 42 heavy (non-hydrogen) atoms. The number of H-pyrrole nitrogens is 1. The minimum absolute atomic E-state index is 0.154. The van der Waals surface area contributed by atoms with E-state index in [-0.39, 0.29) is 5.91 Å². The summed E-state index contributed by atoms with van der Waals surface area (Å²) in [6.45, 7) is 2.21. The van der Waals surface area contributed by atoms with Gasteiger partial charge in [-0.2, -0.15) is 26.3 Å². The zero-order valence-corrected chi connectivity index (χ0v) is 21.8. The first-order valence-electron chi connectivity index (χ1n) is 12.5. The van der Waals surface area contributed by atoms with Crippen LogP contribution in [0.4, 0.5) is 32.0 Å². The monoisotopic (exact) mass is 590 g/mol. The summed E-state index contributed by atoms with van der Waals surface area (Å²) in [7, 11) is 0. The van der Waals surface area contributed by atoms with Crippen molar-refractivity contribution in [2.45, 2.75) is 25.4 Å². The fourth-order valence-corrected chi connectivity index (χ4v) is 4.44. The Morgan fingerprint density at radius 1 is 0.881 bits per heavy atom. The van der Waals surface area contributed by atoms with Gasteiger partial charge < -0.3 is 19.9 Å². The summed E-state index contributed by atoms with van der Waals surface area (Å²) in [6, 6.07) is 20.0. The molecule has 2 heterocycles. The van der Waals surface area contributed by atoms with Gasteiger partial charge in [0, 0.05) is 37.1 Å². The highest BCUT2D eigenvalue weighted by molar-refractivity contribution is 6.01. The predicted octanol–water partition coefficient (Wildman–Crippen LogP) is 6.39. The Kier molecular flexibility index (Phi) is 8.88. The van der Waals surface area contributed by atoms with Crippen LogP contribution >= 0.6 is 0 Å².